The Labute approximate surface area is 151 Å². The summed E-state index contributed by atoms with van der Waals surface area (Å²) in [5.74, 6) is 0. The van der Waals surface area contributed by atoms with Crippen LogP contribution in [0.4, 0.5) is 0 Å². The summed E-state index contributed by atoms with van der Waals surface area (Å²) in [5, 5.41) is 5.75. The highest BCUT2D eigenvalue weighted by atomic mass is 32.2. The summed E-state index contributed by atoms with van der Waals surface area (Å²) in [6, 6.07) is 13.3. The van der Waals surface area contributed by atoms with Gasteiger partial charge in [0.05, 0.1) is 17.1 Å². The van der Waals surface area contributed by atoms with Crippen LogP contribution < -0.4 is 4.72 Å². The van der Waals surface area contributed by atoms with Crippen LogP contribution in [0.25, 0.3) is 20.0 Å². The van der Waals surface area contributed by atoms with Gasteiger partial charge in [0.1, 0.15) is 9.22 Å². The molecule has 122 valence electrons. The highest BCUT2D eigenvalue weighted by molar-refractivity contribution is 7.91. The number of nitrogens with zero attached hydrogens (tertiary/aromatic N) is 1. The molecule has 0 aliphatic carbocycles. The molecule has 0 radical (unpaired) electrons. The molecule has 0 aliphatic heterocycles. The van der Waals surface area contributed by atoms with E-state index in [4.69, 9.17) is 0 Å². The van der Waals surface area contributed by atoms with Crippen molar-refractivity contribution in [2.75, 3.05) is 0 Å². The van der Waals surface area contributed by atoms with Crippen LogP contribution in [0.2, 0.25) is 0 Å². The largest absolute Gasteiger partial charge is 0.250 e. The second kappa shape index (κ2) is 6.38. The molecule has 0 fully saturated rings. The van der Waals surface area contributed by atoms with Crippen LogP contribution in [0.5, 0.6) is 0 Å². The molecule has 1 N–H and O–H groups in total. The van der Waals surface area contributed by atoms with Crippen LogP contribution in [-0.4, -0.2) is 13.4 Å². The first-order valence-corrected chi connectivity index (χ1v) is 11.1. The number of rotatable bonds is 5. The van der Waals surface area contributed by atoms with Gasteiger partial charge in [0.25, 0.3) is 0 Å². The molecule has 4 aromatic rings. The van der Waals surface area contributed by atoms with E-state index in [2.05, 4.69) is 9.71 Å². The van der Waals surface area contributed by atoms with Crippen molar-refractivity contribution >= 4 is 54.1 Å². The summed E-state index contributed by atoms with van der Waals surface area (Å²) in [6.45, 7) is 0.193. The number of sulfonamides is 1. The first kappa shape index (κ1) is 15.9. The van der Waals surface area contributed by atoms with Gasteiger partial charge in [-0.3, -0.25) is 0 Å². The van der Waals surface area contributed by atoms with Crippen molar-refractivity contribution in [2.45, 2.75) is 10.8 Å². The fraction of sp³-hybridized carbons (Fsp3) is 0.0625. The lowest BCUT2D eigenvalue weighted by atomic mass is 10.3. The second-order valence-electron chi connectivity index (χ2n) is 5.05. The molecule has 3 heterocycles. The number of nitrogens with one attached hydrogen (secondary N) is 1. The van der Waals surface area contributed by atoms with Gasteiger partial charge in [0, 0.05) is 10.1 Å². The zero-order valence-electron chi connectivity index (χ0n) is 12.3. The normalized spacial score (nSPS) is 12.0. The molecule has 0 aliphatic rings. The van der Waals surface area contributed by atoms with Gasteiger partial charge in [-0.15, -0.1) is 34.0 Å². The number of aromatic nitrogens is 1. The summed E-state index contributed by atoms with van der Waals surface area (Å²) in [7, 11) is -3.53. The van der Waals surface area contributed by atoms with Crippen LogP contribution in [0, 0.1) is 0 Å². The average Bonchev–Trinajstić information content (AvgIpc) is 3.31. The van der Waals surface area contributed by atoms with Crippen molar-refractivity contribution in [2.24, 2.45) is 0 Å². The maximum atomic E-state index is 12.5. The van der Waals surface area contributed by atoms with Gasteiger partial charge >= 0.3 is 0 Å². The van der Waals surface area contributed by atoms with E-state index in [1.807, 2.05) is 47.2 Å². The van der Waals surface area contributed by atoms with Crippen LogP contribution in [0.15, 0.2) is 57.4 Å². The van der Waals surface area contributed by atoms with Crippen LogP contribution >= 0.6 is 34.0 Å². The lowest BCUT2D eigenvalue weighted by Gasteiger charge is -2.02. The number of hydrogen-bond acceptors (Lipinski definition) is 6. The Kier molecular flexibility index (Phi) is 4.23. The predicted molar refractivity (Wildman–Crippen MR) is 101 cm³/mol. The van der Waals surface area contributed by atoms with Crippen molar-refractivity contribution in [3.63, 3.8) is 0 Å². The molecule has 1 aromatic carbocycles. The van der Waals surface area contributed by atoms with Crippen LogP contribution in [0.1, 0.15) is 5.69 Å². The molecule has 0 bridgehead atoms. The van der Waals surface area contributed by atoms with Crippen molar-refractivity contribution in [3.05, 3.63) is 58.9 Å². The third-order valence-corrected chi connectivity index (χ3v) is 8.32. The Morgan fingerprint density at radius 3 is 2.75 bits per heavy atom. The maximum absolute atomic E-state index is 12.5. The number of benzene rings is 1. The van der Waals surface area contributed by atoms with Gasteiger partial charge in [-0.25, -0.2) is 18.1 Å². The number of thiophene rings is 2. The molecule has 0 saturated heterocycles. The van der Waals surface area contributed by atoms with Gasteiger partial charge in [0.15, 0.2) is 0 Å². The van der Waals surface area contributed by atoms with Crippen molar-refractivity contribution in [1.29, 1.82) is 0 Å². The Bertz CT molecular complexity index is 1050. The summed E-state index contributed by atoms with van der Waals surface area (Å²) in [4.78, 5) is 5.59. The van der Waals surface area contributed by atoms with E-state index >= 15 is 0 Å². The summed E-state index contributed by atoms with van der Waals surface area (Å²) < 4.78 is 28.9. The minimum Gasteiger partial charge on any atom is -0.239 e. The Morgan fingerprint density at radius 1 is 1.08 bits per heavy atom. The third kappa shape index (κ3) is 3.15. The van der Waals surface area contributed by atoms with Gasteiger partial charge in [-0.05, 0) is 29.0 Å². The molecule has 8 heteroatoms. The van der Waals surface area contributed by atoms with Gasteiger partial charge < -0.3 is 0 Å². The Balaban J connectivity index is 1.52. The molecular formula is C16H12N2O2S4. The molecule has 0 saturated carbocycles. The SMILES string of the molecule is O=S(=O)(NCc1csc(-c2cccs2)n1)c1cc2ccccc2s1. The Hall–Kier alpha value is -1.58. The summed E-state index contributed by atoms with van der Waals surface area (Å²) in [6.07, 6.45) is 0. The summed E-state index contributed by atoms with van der Waals surface area (Å²) >= 11 is 4.42. The molecule has 0 atom stereocenters. The molecule has 3 aromatic heterocycles. The van der Waals surface area contributed by atoms with Crippen molar-refractivity contribution in [1.82, 2.24) is 9.71 Å². The monoisotopic (exact) mass is 392 g/mol. The highest BCUT2D eigenvalue weighted by Crippen LogP contribution is 2.30. The molecule has 4 rings (SSSR count). The molecule has 24 heavy (non-hydrogen) atoms. The van der Waals surface area contributed by atoms with Crippen LogP contribution in [0.3, 0.4) is 0 Å². The minimum atomic E-state index is -3.53. The van der Waals surface area contributed by atoms with E-state index in [0.29, 0.717) is 4.21 Å². The van der Waals surface area contributed by atoms with E-state index in [0.717, 1.165) is 25.7 Å². The standard InChI is InChI=1S/C16H12N2O2S4/c19-24(20,15-8-11-4-1-2-5-13(11)23-15)17-9-12-10-22-16(18-12)14-6-3-7-21-14/h1-8,10,17H,9H2. The van der Waals surface area contributed by atoms with Gasteiger partial charge in [0.2, 0.25) is 10.0 Å². The number of fused-ring (bicyclic) bond motifs is 1. The Morgan fingerprint density at radius 2 is 1.96 bits per heavy atom. The highest BCUT2D eigenvalue weighted by Gasteiger charge is 2.18. The molecular weight excluding hydrogens is 380 g/mol. The quantitative estimate of drug-likeness (QED) is 0.541. The number of thiazole rings is 1. The fourth-order valence-corrected chi connectivity index (χ4v) is 6.31. The fourth-order valence-electron chi connectivity index (χ4n) is 2.23. The van der Waals surface area contributed by atoms with E-state index in [1.165, 1.54) is 22.7 Å². The zero-order chi connectivity index (χ0) is 16.6. The molecule has 0 unspecified atom stereocenters. The lowest BCUT2D eigenvalue weighted by Crippen LogP contribution is -2.22. The minimum absolute atomic E-state index is 0.193. The van der Waals surface area contributed by atoms with Crippen molar-refractivity contribution in [3.8, 4) is 9.88 Å². The first-order chi connectivity index (χ1) is 11.6. The second-order valence-corrected chi connectivity index (χ2v) is 9.93. The molecule has 0 amide bonds. The zero-order valence-corrected chi connectivity index (χ0v) is 15.6. The van der Waals surface area contributed by atoms with Crippen molar-refractivity contribution < 1.29 is 8.42 Å². The maximum Gasteiger partial charge on any atom is 0.250 e. The van der Waals surface area contributed by atoms with E-state index in [1.54, 1.807) is 17.4 Å². The summed E-state index contributed by atoms with van der Waals surface area (Å²) in [5.41, 5.74) is 0.730. The first-order valence-electron chi connectivity index (χ1n) is 7.08. The van der Waals surface area contributed by atoms with Crippen LogP contribution in [-0.2, 0) is 16.6 Å². The molecule has 4 nitrogen and oxygen atoms in total. The lowest BCUT2D eigenvalue weighted by molar-refractivity contribution is 0.583. The van der Waals surface area contributed by atoms with E-state index in [-0.39, 0.29) is 6.54 Å². The third-order valence-electron chi connectivity index (χ3n) is 3.39. The molecule has 0 spiro atoms. The van der Waals surface area contributed by atoms with Gasteiger partial charge in [-0.1, -0.05) is 24.3 Å². The predicted octanol–water partition coefficient (Wildman–Crippen LogP) is 4.56. The van der Waals surface area contributed by atoms with E-state index in [9.17, 15) is 8.42 Å². The topological polar surface area (TPSA) is 59.1 Å². The average molecular weight is 393 g/mol. The number of hydrogen-bond donors (Lipinski definition) is 1. The van der Waals surface area contributed by atoms with Gasteiger partial charge in [-0.2, -0.15) is 0 Å². The van der Waals surface area contributed by atoms with E-state index < -0.39 is 10.0 Å². The smallest absolute Gasteiger partial charge is 0.239 e.